The maximum absolute atomic E-state index is 13.5. The summed E-state index contributed by atoms with van der Waals surface area (Å²) >= 11 is 0. The Morgan fingerprint density at radius 1 is 0.892 bits per heavy atom. The topological polar surface area (TPSA) is 51.5 Å². The standard InChI is InChI=1S/C31H34N2O3S/c1-21-18-23(3)30(19-22(21)2)37(34,35)32-16-14-26(15-17-32)31-24(4)33(29-9-7-6-8-28(29)31)20-25-10-12-27(36-5)13-11-25/h6-14,18-19H,15-17,20H2,1-5H3. The quantitative estimate of drug-likeness (QED) is 0.299. The van der Waals surface area contributed by atoms with E-state index in [-0.39, 0.29) is 0 Å². The van der Waals surface area contributed by atoms with Gasteiger partial charge in [-0.15, -0.1) is 0 Å². The Kier molecular flexibility index (Phi) is 6.73. The number of methoxy groups -OCH3 is 1. The van der Waals surface area contributed by atoms with Gasteiger partial charge in [0.15, 0.2) is 0 Å². The zero-order valence-corrected chi connectivity index (χ0v) is 23.0. The molecule has 2 heterocycles. The van der Waals surface area contributed by atoms with E-state index in [1.54, 1.807) is 11.4 Å². The molecule has 0 bridgehead atoms. The van der Waals surface area contributed by atoms with Crippen molar-refractivity contribution in [2.75, 3.05) is 20.2 Å². The second-order valence-electron chi connectivity index (χ2n) is 9.96. The molecular formula is C31H34N2O3S. The predicted octanol–water partition coefficient (Wildman–Crippen LogP) is 6.41. The smallest absolute Gasteiger partial charge is 0.243 e. The van der Waals surface area contributed by atoms with E-state index in [2.05, 4.69) is 54.0 Å². The second kappa shape index (κ2) is 9.84. The summed E-state index contributed by atoms with van der Waals surface area (Å²) in [5, 5.41) is 1.21. The van der Waals surface area contributed by atoms with Gasteiger partial charge in [-0.1, -0.05) is 42.5 Å². The van der Waals surface area contributed by atoms with E-state index in [0.717, 1.165) is 29.0 Å². The maximum atomic E-state index is 13.5. The highest BCUT2D eigenvalue weighted by molar-refractivity contribution is 7.89. The first-order valence-electron chi connectivity index (χ1n) is 12.7. The minimum atomic E-state index is -3.56. The lowest BCUT2D eigenvalue weighted by atomic mass is 9.97. The molecule has 4 aromatic rings. The van der Waals surface area contributed by atoms with Crippen LogP contribution in [0.15, 0.2) is 71.6 Å². The molecule has 37 heavy (non-hydrogen) atoms. The summed E-state index contributed by atoms with van der Waals surface area (Å²) in [7, 11) is -1.88. The SMILES string of the molecule is COc1ccc(Cn2c(C)c(C3=CCN(S(=O)(=O)c4cc(C)c(C)cc4C)CC3)c3ccccc32)cc1. The highest BCUT2D eigenvalue weighted by Gasteiger charge is 2.29. The average Bonchev–Trinajstić information content (AvgIpc) is 3.17. The first-order chi connectivity index (χ1) is 17.7. The molecule has 0 atom stereocenters. The van der Waals surface area contributed by atoms with E-state index >= 15 is 0 Å². The van der Waals surface area contributed by atoms with E-state index in [1.165, 1.54) is 33.3 Å². The third-order valence-corrected chi connectivity index (χ3v) is 9.64. The van der Waals surface area contributed by atoms with E-state index in [0.29, 0.717) is 24.4 Å². The number of para-hydroxylation sites is 1. The Morgan fingerprint density at radius 2 is 1.59 bits per heavy atom. The van der Waals surface area contributed by atoms with Crippen LogP contribution >= 0.6 is 0 Å². The van der Waals surface area contributed by atoms with Gasteiger partial charge in [-0.2, -0.15) is 4.31 Å². The number of benzene rings is 3. The molecule has 0 aliphatic carbocycles. The van der Waals surface area contributed by atoms with Gasteiger partial charge in [0, 0.05) is 41.8 Å². The summed E-state index contributed by atoms with van der Waals surface area (Å²) < 4.78 is 36.3. The van der Waals surface area contributed by atoms with Gasteiger partial charge in [-0.25, -0.2) is 8.42 Å². The summed E-state index contributed by atoms with van der Waals surface area (Å²) in [6.07, 6.45) is 2.78. The second-order valence-corrected chi connectivity index (χ2v) is 11.9. The Balaban J connectivity index is 1.48. The molecule has 0 amide bonds. The number of hydrogen-bond donors (Lipinski definition) is 0. The molecule has 5 rings (SSSR count). The van der Waals surface area contributed by atoms with Gasteiger partial charge in [0.25, 0.3) is 0 Å². The number of ether oxygens (including phenoxy) is 1. The van der Waals surface area contributed by atoms with Gasteiger partial charge < -0.3 is 9.30 Å². The summed E-state index contributed by atoms with van der Waals surface area (Å²) in [5.74, 6) is 0.849. The van der Waals surface area contributed by atoms with Crippen molar-refractivity contribution in [1.82, 2.24) is 8.87 Å². The number of nitrogens with zero attached hydrogens (tertiary/aromatic N) is 2. The molecule has 0 fully saturated rings. The van der Waals surface area contributed by atoms with Crippen molar-refractivity contribution in [3.05, 3.63) is 100 Å². The third-order valence-electron chi connectivity index (χ3n) is 7.63. The maximum Gasteiger partial charge on any atom is 0.243 e. The minimum Gasteiger partial charge on any atom is -0.497 e. The van der Waals surface area contributed by atoms with Crippen molar-refractivity contribution in [3.8, 4) is 5.75 Å². The molecule has 0 saturated carbocycles. The van der Waals surface area contributed by atoms with Crippen LogP contribution in [-0.4, -0.2) is 37.5 Å². The summed E-state index contributed by atoms with van der Waals surface area (Å²) in [4.78, 5) is 0.416. The molecule has 1 aliphatic rings. The molecule has 1 aromatic heterocycles. The van der Waals surface area contributed by atoms with Crippen molar-refractivity contribution in [2.24, 2.45) is 0 Å². The molecular weight excluding hydrogens is 480 g/mol. The zero-order chi connectivity index (χ0) is 26.3. The molecule has 0 N–H and O–H groups in total. The van der Waals surface area contributed by atoms with Crippen LogP contribution in [0.3, 0.4) is 0 Å². The first kappa shape index (κ1) is 25.3. The Morgan fingerprint density at radius 3 is 2.27 bits per heavy atom. The van der Waals surface area contributed by atoms with Crippen LogP contribution < -0.4 is 4.74 Å². The number of hydrogen-bond acceptors (Lipinski definition) is 3. The Bertz CT molecular complexity index is 1610. The number of aryl methyl sites for hydroxylation is 3. The molecule has 192 valence electrons. The van der Waals surface area contributed by atoms with Gasteiger partial charge in [-0.3, -0.25) is 0 Å². The third kappa shape index (κ3) is 4.60. The molecule has 1 aliphatic heterocycles. The molecule has 0 saturated heterocycles. The fourth-order valence-electron chi connectivity index (χ4n) is 5.40. The van der Waals surface area contributed by atoms with Crippen molar-refractivity contribution in [2.45, 2.75) is 45.6 Å². The van der Waals surface area contributed by atoms with Crippen LogP contribution in [0.2, 0.25) is 0 Å². The predicted molar refractivity (Wildman–Crippen MR) is 151 cm³/mol. The van der Waals surface area contributed by atoms with Crippen molar-refractivity contribution >= 4 is 26.5 Å². The van der Waals surface area contributed by atoms with E-state index in [9.17, 15) is 8.42 Å². The minimum absolute atomic E-state index is 0.376. The van der Waals surface area contributed by atoms with Crippen LogP contribution in [0.25, 0.3) is 16.5 Å². The summed E-state index contributed by atoms with van der Waals surface area (Å²) in [6.45, 7) is 9.64. The molecule has 0 radical (unpaired) electrons. The van der Waals surface area contributed by atoms with Gasteiger partial charge in [-0.05, 0) is 86.2 Å². The van der Waals surface area contributed by atoms with Gasteiger partial charge in [0.05, 0.1) is 12.0 Å². The van der Waals surface area contributed by atoms with E-state index in [4.69, 9.17) is 4.74 Å². The zero-order valence-electron chi connectivity index (χ0n) is 22.2. The van der Waals surface area contributed by atoms with Crippen molar-refractivity contribution in [1.29, 1.82) is 0 Å². The average molecular weight is 515 g/mol. The molecule has 6 heteroatoms. The summed E-state index contributed by atoms with van der Waals surface area (Å²) in [5.41, 5.74) is 8.94. The first-order valence-corrected chi connectivity index (χ1v) is 14.1. The normalized spacial score (nSPS) is 14.7. The lowest BCUT2D eigenvalue weighted by Crippen LogP contribution is -2.35. The fourth-order valence-corrected chi connectivity index (χ4v) is 7.07. The highest BCUT2D eigenvalue weighted by atomic mass is 32.2. The van der Waals surface area contributed by atoms with Crippen molar-refractivity contribution in [3.63, 3.8) is 0 Å². The Hall–Kier alpha value is -3.35. The van der Waals surface area contributed by atoms with Crippen LogP contribution in [0, 0.1) is 27.7 Å². The molecule has 0 spiro atoms. The molecule has 5 nitrogen and oxygen atoms in total. The van der Waals surface area contributed by atoms with Crippen LogP contribution in [-0.2, 0) is 16.6 Å². The van der Waals surface area contributed by atoms with Crippen molar-refractivity contribution < 1.29 is 13.2 Å². The monoisotopic (exact) mass is 514 g/mol. The molecule has 3 aromatic carbocycles. The van der Waals surface area contributed by atoms with Gasteiger partial charge >= 0.3 is 0 Å². The fraction of sp³-hybridized carbons (Fsp3) is 0.290. The summed E-state index contributed by atoms with van der Waals surface area (Å²) in [6, 6.07) is 20.5. The highest BCUT2D eigenvalue weighted by Crippen LogP contribution is 2.36. The van der Waals surface area contributed by atoms with E-state index < -0.39 is 10.0 Å². The Labute approximate surface area is 220 Å². The number of fused-ring (bicyclic) bond motifs is 1. The molecule has 0 unspecified atom stereocenters. The van der Waals surface area contributed by atoms with Gasteiger partial charge in [0.2, 0.25) is 10.0 Å². The van der Waals surface area contributed by atoms with E-state index in [1.807, 2.05) is 45.0 Å². The number of rotatable bonds is 6. The lowest BCUT2D eigenvalue weighted by molar-refractivity contribution is 0.414. The van der Waals surface area contributed by atoms with Crippen LogP contribution in [0.5, 0.6) is 5.75 Å². The largest absolute Gasteiger partial charge is 0.497 e. The number of aromatic nitrogens is 1. The lowest BCUT2D eigenvalue weighted by Gasteiger charge is -2.27. The van der Waals surface area contributed by atoms with Crippen LogP contribution in [0.4, 0.5) is 0 Å². The van der Waals surface area contributed by atoms with Gasteiger partial charge in [0.1, 0.15) is 5.75 Å². The van der Waals surface area contributed by atoms with Crippen LogP contribution in [0.1, 0.15) is 39.9 Å². The number of sulfonamides is 1.